The van der Waals surface area contributed by atoms with Crippen molar-refractivity contribution in [2.24, 2.45) is 0 Å². The predicted octanol–water partition coefficient (Wildman–Crippen LogP) is 4.28. The van der Waals surface area contributed by atoms with Crippen molar-refractivity contribution in [3.8, 4) is 0 Å². The number of benzene rings is 1. The molecule has 1 atom stereocenters. The summed E-state index contributed by atoms with van der Waals surface area (Å²) in [5, 5.41) is 3.48. The van der Waals surface area contributed by atoms with Crippen molar-refractivity contribution in [3.63, 3.8) is 0 Å². The van der Waals surface area contributed by atoms with Gasteiger partial charge in [0.15, 0.2) is 0 Å². The molecule has 0 fully saturated rings. The maximum atomic E-state index is 3.57. The fourth-order valence-corrected chi connectivity index (χ4v) is 1.64. The lowest BCUT2D eigenvalue weighted by Crippen LogP contribution is -2.13. The first-order chi connectivity index (χ1) is 6.54. The Morgan fingerprint density at radius 2 is 1.79 bits per heavy atom. The number of hydrogen-bond acceptors (Lipinski definition) is 1. The van der Waals surface area contributed by atoms with Gasteiger partial charge in [0.2, 0.25) is 0 Å². The molecule has 0 radical (unpaired) electrons. The summed E-state index contributed by atoms with van der Waals surface area (Å²) in [6, 6.07) is 4.90. The Balaban J connectivity index is 2.89. The maximum Gasteiger partial charge on any atom is 0.0348 e. The predicted molar refractivity (Wildman–Crippen MR) is 67.0 cm³/mol. The van der Waals surface area contributed by atoms with Gasteiger partial charge in [-0.25, -0.2) is 0 Å². The molecule has 0 amide bonds. The van der Waals surface area contributed by atoms with E-state index in [1.165, 1.54) is 21.3 Å². The fourth-order valence-electron chi connectivity index (χ4n) is 1.42. The van der Waals surface area contributed by atoms with Gasteiger partial charge in [0.05, 0.1) is 0 Å². The summed E-state index contributed by atoms with van der Waals surface area (Å²) in [6.45, 7) is 8.64. The van der Waals surface area contributed by atoms with Gasteiger partial charge in [-0.1, -0.05) is 22.9 Å². The molecule has 0 saturated carbocycles. The lowest BCUT2D eigenvalue weighted by atomic mass is 10.1. The molecule has 1 aromatic rings. The third kappa shape index (κ3) is 2.74. The Hall–Kier alpha value is -0.500. The molecule has 1 aromatic carbocycles. The first-order valence-corrected chi connectivity index (χ1v) is 5.87. The lowest BCUT2D eigenvalue weighted by Gasteiger charge is -2.15. The van der Waals surface area contributed by atoms with Crippen molar-refractivity contribution in [3.05, 3.63) is 27.7 Å². The fraction of sp³-hybridized carbons (Fsp3) is 0.500. The molecule has 0 aliphatic rings. The number of rotatable bonds is 3. The molecular weight excluding hydrogens is 238 g/mol. The van der Waals surface area contributed by atoms with Crippen LogP contribution in [-0.2, 0) is 0 Å². The molecule has 0 aromatic heterocycles. The van der Waals surface area contributed by atoms with Crippen LogP contribution in [0.5, 0.6) is 0 Å². The van der Waals surface area contributed by atoms with E-state index in [2.05, 4.69) is 61.1 Å². The minimum atomic E-state index is 0.537. The van der Waals surface area contributed by atoms with Crippen molar-refractivity contribution >= 4 is 21.6 Å². The van der Waals surface area contributed by atoms with Crippen LogP contribution in [0.3, 0.4) is 0 Å². The van der Waals surface area contributed by atoms with Gasteiger partial charge < -0.3 is 5.32 Å². The van der Waals surface area contributed by atoms with Crippen LogP contribution in [0.2, 0.25) is 0 Å². The van der Waals surface area contributed by atoms with Crippen LogP contribution in [-0.4, -0.2) is 6.04 Å². The van der Waals surface area contributed by atoms with Gasteiger partial charge in [0, 0.05) is 16.2 Å². The molecular formula is C12H18BrN. The molecule has 0 bridgehead atoms. The molecule has 2 heteroatoms. The first kappa shape index (κ1) is 11.6. The highest BCUT2D eigenvalue weighted by atomic mass is 79.9. The normalized spacial score (nSPS) is 12.6. The first-order valence-electron chi connectivity index (χ1n) is 5.08. The number of aryl methyl sites for hydroxylation is 2. The van der Waals surface area contributed by atoms with E-state index in [-0.39, 0.29) is 0 Å². The molecule has 0 aliphatic heterocycles. The van der Waals surface area contributed by atoms with Crippen LogP contribution in [0.1, 0.15) is 31.4 Å². The number of halogens is 1. The average Bonchev–Trinajstić information content (AvgIpc) is 2.14. The summed E-state index contributed by atoms with van der Waals surface area (Å²) in [7, 11) is 0. The van der Waals surface area contributed by atoms with Crippen molar-refractivity contribution in [2.75, 3.05) is 5.32 Å². The molecule has 1 unspecified atom stereocenters. The largest absolute Gasteiger partial charge is 0.383 e. The molecule has 1 rings (SSSR count). The molecule has 1 N–H and O–H groups in total. The maximum absolute atomic E-state index is 3.57. The van der Waals surface area contributed by atoms with Gasteiger partial charge in [-0.2, -0.15) is 0 Å². The van der Waals surface area contributed by atoms with Gasteiger partial charge in [-0.05, 0) is 50.5 Å². The van der Waals surface area contributed by atoms with E-state index in [1.807, 2.05) is 0 Å². The number of nitrogens with one attached hydrogen (secondary N) is 1. The Morgan fingerprint density at radius 1 is 1.29 bits per heavy atom. The summed E-state index contributed by atoms with van der Waals surface area (Å²) in [4.78, 5) is 0. The zero-order valence-corrected chi connectivity index (χ0v) is 10.9. The van der Waals surface area contributed by atoms with E-state index < -0.39 is 0 Å². The van der Waals surface area contributed by atoms with Gasteiger partial charge in [-0.3, -0.25) is 0 Å². The van der Waals surface area contributed by atoms with E-state index in [4.69, 9.17) is 0 Å². The highest BCUT2D eigenvalue weighted by Gasteiger charge is 2.03. The quantitative estimate of drug-likeness (QED) is 0.851. The smallest absolute Gasteiger partial charge is 0.0348 e. The third-order valence-electron chi connectivity index (χ3n) is 2.46. The molecule has 0 spiro atoms. The topological polar surface area (TPSA) is 12.0 Å². The second kappa shape index (κ2) is 4.83. The summed E-state index contributed by atoms with van der Waals surface area (Å²) in [6.07, 6.45) is 1.15. The lowest BCUT2D eigenvalue weighted by molar-refractivity contribution is 0.764. The molecule has 14 heavy (non-hydrogen) atoms. The van der Waals surface area contributed by atoms with Crippen molar-refractivity contribution < 1.29 is 0 Å². The zero-order valence-electron chi connectivity index (χ0n) is 9.32. The Labute approximate surface area is 95.0 Å². The van der Waals surface area contributed by atoms with Crippen molar-refractivity contribution in [1.29, 1.82) is 0 Å². The van der Waals surface area contributed by atoms with Gasteiger partial charge in [-0.15, -0.1) is 0 Å². The minimum Gasteiger partial charge on any atom is -0.383 e. The average molecular weight is 256 g/mol. The van der Waals surface area contributed by atoms with Crippen LogP contribution >= 0.6 is 15.9 Å². The summed E-state index contributed by atoms with van der Waals surface area (Å²) < 4.78 is 1.22. The van der Waals surface area contributed by atoms with E-state index in [1.54, 1.807) is 0 Å². The number of hydrogen-bond donors (Lipinski definition) is 1. The van der Waals surface area contributed by atoms with E-state index >= 15 is 0 Å². The van der Waals surface area contributed by atoms with Gasteiger partial charge >= 0.3 is 0 Å². The van der Waals surface area contributed by atoms with Crippen LogP contribution in [0.15, 0.2) is 16.6 Å². The Morgan fingerprint density at radius 3 is 2.21 bits per heavy atom. The van der Waals surface area contributed by atoms with Crippen LogP contribution in [0.25, 0.3) is 0 Å². The SMILES string of the molecule is CCC(C)Nc1cc(C)c(Br)c(C)c1. The summed E-state index contributed by atoms with van der Waals surface area (Å²) in [5.41, 5.74) is 3.80. The molecule has 78 valence electrons. The van der Waals surface area contributed by atoms with Crippen LogP contribution in [0.4, 0.5) is 5.69 Å². The third-order valence-corrected chi connectivity index (χ3v) is 3.71. The molecule has 1 nitrogen and oxygen atoms in total. The second-order valence-electron chi connectivity index (χ2n) is 3.88. The van der Waals surface area contributed by atoms with E-state index in [0.29, 0.717) is 6.04 Å². The number of anilines is 1. The molecule has 0 aliphatic carbocycles. The highest BCUT2D eigenvalue weighted by Crippen LogP contribution is 2.25. The Kier molecular flexibility index (Phi) is 3.99. The standard InChI is InChI=1S/C12H18BrN/c1-5-10(4)14-11-6-8(2)12(13)9(3)7-11/h6-7,10,14H,5H2,1-4H3. The summed E-state index contributed by atoms with van der Waals surface area (Å²) in [5.74, 6) is 0. The van der Waals surface area contributed by atoms with E-state index in [9.17, 15) is 0 Å². The second-order valence-corrected chi connectivity index (χ2v) is 4.67. The Bertz CT molecular complexity index is 297. The highest BCUT2D eigenvalue weighted by molar-refractivity contribution is 9.10. The molecule has 0 saturated heterocycles. The van der Waals surface area contributed by atoms with E-state index in [0.717, 1.165) is 6.42 Å². The van der Waals surface area contributed by atoms with Crippen LogP contribution < -0.4 is 5.32 Å². The monoisotopic (exact) mass is 255 g/mol. The van der Waals surface area contributed by atoms with Crippen molar-refractivity contribution in [1.82, 2.24) is 0 Å². The van der Waals surface area contributed by atoms with Crippen molar-refractivity contribution in [2.45, 2.75) is 40.2 Å². The zero-order chi connectivity index (χ0) is 10.7. The minimum absolute atomic E-state index is 0.537. The van der Waals surface area contributed by atoms with Crippen LogP contribution in [0, 0.1) is 13.8 Å². The summed E-state index contributed by atoms with van der Waals surface area (Å²) >= 11 is 3.57. The van der Waals surface area contributed by atoms with Gasteiger partial charge in [0.25, 0.3) is 0 Å². The van der Waals surface area contributed by atoms with Gasteiger partial charge in [0.1, 0.15) is 0 Å². The molecule has 0 heterocycles.